The van der Waals surface area contributed by atoms with Crippen LogP contribution in [0, 0.1) is 0 Å². The van der Waals surface area contributed by atoms with Crippen LogP contribution in [0.5, 0.6) is 0 Å². The molecule has 0 atom stereocenters. The first-order chi connectivity index (χ1) is 27.3. The maximum absolute atomic E-state index is 5.46. The van der Waals surface area contributed by atoms with Crippen LogP contribution >= 0.6 is 0 Å². The van der Waals surface area contributed by atoms with Crippen molar-refractivity contribution in [2.75, 3.05) is 0 Å². The molecule has 11 rings (SSSR count). The topological polar surface area (TPSA) is 25.8 Å². The van der Waals surface area contributed by atoms with Crippen molar-refractivity contribution in [2.45, 2.75) is 38.5 Å². The lowest BCUT2D eigenvalue weighted by atomic mass is 9.79. The maximum atomic E-state index is 5.46. The van der Waals surface area contributed by atoms with Gasteiger partial charge in [-0.3, -0.25) is 0 Å². The molecule has 0 fully saturated rings. The molecule has 0 saturated heterocycles. The minimum Gasteiger partial charge on any atom is -0.228 e. The second-order valence-corrected chi connectivity index (χ2v) is 16.5. The largest absolute Gasteiger partial charge is 0.228 e. The SMILES string of the molecule is CC1(C)c2ccccc2-c2cccc(-c3cc(-c4ccccc4)nc(-c4ccc(-c5ccc6c(c5)C(C)(C)c5c-6ccc6ccccc56)c5ccccc45)n3)c21. The Morgan fingerprint density at radius 2 is 0.911 bits per heavy atom. The van der Waals surface area contributed by atoms with Crippen molar-refractivity contribution >= 4 is 21.5 Å². The van der Waals surface area contributed by atoms with E-state index in [0.717, 1.165) is 39.3 Å². The van der Waals surface area contributed by atoms with Crippen LogP contribution in [-0.2, 0) is 10.8 Å². The summed E-state index contributed by atoms with van der Waals surface area (Å²) in [5, 5.41) is 4.96. The van der Waals surface area contributed by atoms with Gasteiger partial charge in [0.1, 0.15) is 0 Å². The Morgan fingerprint density at radius 3 is 1.75 bits per heavy atom. The molecule has 0 bridgehead atoms. The third-order valence-corrected chi connectivity index (χ3v) is 12.7. The van der Waals surface area contributed by atoms with E-state index >= 15 is 0 Å². The van der Waals surface area contributed by atoms with E-state index in [1.807, 2.05) is 0 Å². The zero-order valence-electron chi connectivity index (χ0n) is 32.1. The van der Waals surface area contributed by atoms with Crippen LogP contribution in [0.4, 0.5) is 0 Å². The first-order valence-corrected chi connectivity index (χ1v) is 19.7. The van der Waals surface area contributed by atoms with Crippen LogP contribution in [-0.4, -0.2) is 9.97 Å². The van der Waals surface area contributed by atoms with Crippen molar-refractivity contribution in [3.63, 3.8) is 0 Å². The molecule has 0 aliphatic heterocycles. The van der Waals surface area contributed by atoms with E-state index in [2.05, 4.69) is 198 Å². The van der Waals surface area contributed by atoms with Gasteiger partial charge in [-0.25, -0.2) is 9.97 Å². The minimum atomic E-state index is -0.173. The second kappa shape index (κ2) is 11.9. The minimum absolute atomic E-state index is 0.132. The Hall–Kier alpha value is -6.64. The van der Waals surface area contributed by atoms with Crippen molar-refractivity contribution in [3.05, 3.63) is 192 Å². The second-order valence-electron chi connectivity index (χ2n) is 16.5. The van der Waals surface area contributed by atoms with Gasteiger partial charge in [0, 0.05) is 27.5 Å². The quantitative estimate of drug-likeness (QED) is 0.181. The molecule has 8 aromatic carbocycles. The maximum Gasteiger partial charge on any atom is 0.161 e. The highest BCUT2D eigenvalue weighted by Crippen LogP contribution is 2.54. The lowest BCUT2D eigenvalue weighted by molar-refractivity contribution is 0.662. The van der Waals surface area contributed by atoms with Crippen LogP contribution < -0.4 is 0 Å². The van der Waals surface area contributed by atoms with E-state index in [1.165, 1.54) is 71.8 Å². The molecule has 1 heterocycles. The lowest BCUT2D eigenvalue weighted by Crippen LogP contribution is -2.16. The molecular weight excluding hydrogens is 677 g/mol. The zero-order chi connectivity index (χ0) is 37.8. The Labute approximate surface area is 328 Å². The zero-order valence-corrected chi connectivity index (χ0v) is 32.1. The highest BCUT2D eigenvalue weighted by molar-refractivity contribution is 6.05. The third-order valence-electron chi connectivity index (χ3n) is 12.7. The fourth-order valence-electron chi connectivity index (χ4n) is 10.0. The molecule has 0 spiro atoms. The number of fused-ring (bicyclic) bond motifs is 9. The summed E-state index contributed by atoms with van der Waals surface area (Å²) in [4.78, 5) is 10.8. The molecule has 1 aromatic heterocycles. The summed E-state index contributed by atoms with van der Waals surface area (Å²) >= 11 is 0. The van der Waals surface area contributed by atoms with E-state index < -0.39 is 0 Å². The van der Waals surface area contributed by atoms with Crippen LogP contribution in [0.15, 0.2) is 170 Å². The Kier molecular flexibility index (Phi) is 6.98. The highest BCUT2D eigenvalue weighted by atomic mass is 14.9. The number of nitrogens with zero attached hydrogens (tertiary/aromatic N) is 2. The summed E-state index contributed by atoms with van der Waals surface area (Å²) in [6.07, 6.45) is 0. The molecular formula is C54H40N2. The molecule has 0 unspecified atom stereocenters. The summed E-state index contributed by atoms with van der Waals surface area (Å²) in [6.45, 7) is 9.44. The molecule has 0 N–H and O–H groups in total. The molecule has 2 nitrogen and oxygen atoms in total. The van der Waals surface area contributed by atoms with Gasteiger partial charge in [0.15, 0.2) is 5.82 Å². The highest BCUT2D eigenvalue weighted by Gasteiger charge is 2.39. The molecule has 2 aliphatic carbocycles. The van der Waals surface area contributed by atoms with E-state index in [-0.39, 0.29) is 10.8 Å². The van der Waals surface area contributed by atoms with E-state index in [0.29, 0.717) is 0 Å². The van der Waals surface area contributed by atoms with E-state index in [4.69, 9.17) is 9.97 Å². The fraction of sp³-hybridized carbons (Fsp3) is 0.111. The number of aromatic nitrogens is 2. The van der Waals surface area contributed by atoms with Gasteiger partial charge >= 0.3 is 0 Å². The molecule has 2 aliphatic rings. The number of benzene rings is 8. The van der Waals surface area contributed by atoms with Gasteiger partial charge in [-0.15, -0.1) is 0 Å². The standard InChI is InChI=1S/C54H40N2/c1-53(2)46-24-13-12-21-40(46)42-22-14-23-45(51(42)53)49-32-48(34-16-6-5-7-17-34)55-52(56-49)44-30-29-36(38-19-10-11-20-39(38)44)35-26-27-41-43-28-25-33-15-8-9-18-37(33)50(43)54(3,4)47(41)31-35/h5-32H,1-4H3. The Morgan fingerprint density at radius 1 is 0.339 bits per heavy atom. The van der Waals surface area contributed by atoms with Crippen LogP contribution in [0.3, 0.4) is 0 Å². The van der Waals surface area contributed by atoms with Gasteiger partial charge in [-0.05, 0) is 95.4 Å². The number of hydrogen-bond acceptors (Lipinski definition) is 2. The van der Waals surface area contributed by atoms with Gasteiger partial charge < -0.3 is 0 Å². The summed E-state index contributed by atoms with van der Waals surface area (Å²) < 4.78 is 0. The lowest BCUT2D eigenvalue weighted by Gasteiger charge is -2.24. The first kappa shape index (κ1) is 32.8. The van der Waals surface area contributed by atoms with Gasteiger partial charge in [0.2, 0.25) is 0 Å². The van der Waals surface area contributed by atoms with Crippen molar-refractivity contribution in [2.24, 2.45) is 0 Å². The molecule has 0 saturated carbocycles. The average Bonchev–Trinajstić information content (AvgIpc) is 3.63. The van der Waals surface area contributed by atoms with Crippen LogP contribution in [0.2, 0.25) is 0 Å². The van der Waals surface area contributed by atoms with Gasteiger partial charge in [-0.2, -0.15) is 0 Å². The normalized spacial score (nSPS) is 14.4. The van der Waals surface area contributed by atoms with Gasteiger partial charge in [0.05, 0.1) is 11.4 Å². The summed E-state index contributed by atoms with van der Waals surface area (Å²) in [6, 6.07) is 61.9. The fourth-order valence-corrected chi connectivity index (χ4v) is 10.0. The van der Waals surface area contributed by atoms with Crippen molar-refractivity contribution in [1.82, 2.24) is 9.97 Å². The van der Waals surface area contributed by atoms with Gasteiger partial charge in [-0.1, -0.05) is 179 Å². The predicted molar refractivity (Wildman–Crippen MR) is 234 cm³/mol. The van der Waals surface area contributed by atoms with Crippen LogP contribution in [0.25, 0.3) is 88.8 Å². The van der Waals surface area contributed by atoms with E-state index in [9.17, 15) is 0 Å². The number of rotatable bonds is 4. The number of hydrogen-bond donors (Lipinski definition) is 0. The summed E-state index contributed by atoms with van der Waals surface area (Å²) in [5.41, 5.74) is 18.0. The molecule has 0 amide bonds. The van der Waals surface area contributed by atoms with Crippen molar-refractivity contribution in [1.29, 1.82) is 0 Å². The van der Waals surface area contributed by atoms with Gasteiger partial charge in [0.25, 0.3) is 0 Å². The summed E-state index contributed by atoms with van der Waals surface area (Å²) in [7, 11) is 0. The summed E-state index contributed by atoms with van der Waals surface area (Å²) in [5.74, 6) is 0.729. The molecule has 0 radical (unpaired) electrons. The molecule has 56 heavy (non-hydrogen) atoms. The first-order valence-electron chi connectivity index (χ1n) is 19.7. The molecule has 9 aromatic rings. The third kappa shape index (κ3) is 4.69. The smallest absolute Gasteiger partial charge is 0.161 e. The van der Waals surface area contributed by atoms with Crippen molar-refractivity contribution < 1.29 is 0 Å². The monoisotopic (exact) mass is 716 g/mol. The van der Waals surface area contributed by atoms with Crippen LogP contribution in [0.1, 0.15) is 49.9 Å². The Balaban J connectivity index is 1.08. The molecule has 266 valence electrons. The Bertz CT molecular complexity index is 3080. The van der Waals surface area contributed by atoms with Crippen molar-refractivity contribution in [3.8, 4) is 67.3 Å². The average molecular weight is 717 g/mol. The predicted octanol–water partition coefficient (Wildman–Crippen LogP) is 14.1. The molecule has 2 heteroatoms. The van der Waals surface area contributed by atoms with E-state index in [1.54, 1.807) is 0 Å².